The van der Waals surface area contributed by atoms with Crippen LogP contribution in [0.2, 0.25) is 0 Å². The van der Waals surface area contributed by atoms with Gasteiger partial charge in [0.05, 0.1) is 0 Å². The third-order valence-corrected chi connectivity index (χ3v) is 5.71. The van der Waals surface area contributed by atoms with E-state index in [1.807, 2.05) is 6.92 Å². The van der Waals surface area contributed by atoms with E-state index in [-0.39, 0.29) is 0 Å². The lowest BCUT2D eigenvalue weighted by atomic mass is 9.85. The van der Waals surface area contributed by atoms with E-state index in [4.69, 9.17) is 5.73 Å². The fourth-order valence-corrected chi connectivity index (χ4v) is 3.97. The Bertz CT molecular complexity index is 498. The Morgan fingerprint density at radius 1 is 1.30 bits per heavy atom. The number of benzene rings is 1. The van der Waals surface area contributed by atoms with E-state index in [2.05, 4.69) is 35.4 Å². The van der Waals surface area contributed by atoms with Gasteiger partial charge in [-0.05, 0) is 68.5 Å². The van der Waals surface area contributed by atoms with Gasteiger partial charge in [0, 0.05) is 23.9 Å². The maximum atomic E-state index is 12.4. The molecule has 4 heteroatoms. The van der Waals surface area contributed by atoms with Crippen molar-refractivity contribution in [2.75, 3.05) is 19.3 Å². The average Bonchev–Trinajstić information content (AvgIpc) is 2.62. The standard InChI is InChI=1S/C19H30N2OS/c1-3-19(22)21(17-9-7-16(14-20)8-10-17)12-11-15-5-4-6-18(13-15)23-2/h4-6,13,16-17H,3,7-12,14,20H2,1-2H3. The molecule has 23 heavy (non-hydrogen) atoms. The van der Waals surface area contributed by atoms with Crippen LogP contribution in [0.15, 0.2) is 29.2 Å². The summed E-state index contributed by atoms with van der Waals surface area (Å²) in [7, 11) is 0. The van der Waals surface area contributed by atoms with Gasteiger partial charge in [-0.1, -0.05) is 19.1 Å². The topological polar surface area (TPSA) is 46.3 Å². The lowest BCUT2D eigenvalue weighted by Gasteiger charge is -2.37. The van der Waals surface area contributed by atoms with Gasteiger partial charge < -0.3 is 10.6 Å². The third kappa shape index (κ3) is 5.25. The summed E-state index contributed by atoms with van der Waals surface area (Å²) in [5.74, 6) is 0.949. The summed E-state index contributed by atoms with van der Waals surface area (Å²) in [5, 5.41) is 0. The van der Waals surface area contributed by atoms with Crippen LogP contribution >= 0.6 is 11.8 Å². The van der Waals surface area contributed by atoms with Gasteiger partial charge >= 0.3 is 0 Å². The molecule has 1 saturated carbocycles. The number of carbonyl (C=O) groups is 1. The minimum absolute atomic E-state index is 0.294. The van der Waals surface area contributed by atoms with Crippen molar-refractivity contribution in [1.29, 1.82) is 0 Å². The molecule has 3 nitrogen and oxygen atoms in total. The molecule has 0 atom stereocenters. The first-order valence-corrected chi connectivity index (χ1v) is 10.0. The zero-order valence-corrected chi connectivity index (χ0v) is 15.3. The summed E-state index contributed by atoms with van der Waals surface area (Å²) in [6, 6.07) is 9.06. The summed E-state index contributed by atoms with van der Waals surface area (Å²) in [6.45, 7) is 3.59. The number of hydrogen-bond donors (Lipinski definition) is 1. The lowest BCUT2D eigenvalue weighted by Crippen LogP contribution is -2.43. The Labute approximate surface area is 145 Å². The van der Waals surface area contributed by atoms with Crippen LogP contribution in [0.25, 0.3) is 0 Å². The fraction of sp³-hybridized carbons (Fsp3) is 0.632. The van der Waals surface area contributed by atoms with Crippen molar-refractivity contribution in [2.24, 2.45) is 11.7 Å². The Kier molecular flexibility index (Phi) is 7.44. The molecule has 0 radical (unpaired) electrons. The van der Waals surface area contributed by atoms with Crippen molar-refractivity contribution in [1.82, 2.24) is 4.90 Å². The van der Waals surface area contributed by atoms with Crippen molar-refractivity contribution < 1.29 is 4.79 Å². The SMILES string of the molecule is CCC(=O)N(CCc1cccc(SC)c1)C1CCC(CN)CC1. The summed E-state index contributed by atoms with van der Waals surface area (Å²) in [4.78, 5) is 15.8. The Morgan fingerprint density at radius 3 is 2.65 bits per heavy atom. The minimum Gasteiger partial charge on any atom is -0.339 e. The van der Waals surface area contributed by atoms with Gasteiger partial charge in [0.2, 0.25) is 5.91 Å². The molecule has 2 rings (SSSR count). The zero-order valence-electron chi connectivity index (χ0n) is 14.5. The fourth-order valence-electron chi connectivity index (χ4n) is 3.48. The second kappa shape index (κ2) is 9.33. The molecule has 1 amide bonds. The van der Waals surface area contributed by atoms with E-state index in [0.717, 1.165) is 45.2 Å². The van der Waals surface area contributed by atoms with Gasteiger partial charge in [0.15, 0.2) is 0 Å². The number of hydrogen-bond acceptors (Lipinski definition) is 3. The largest absolute Gasteiger partial charge is 0.339 e. The van der Waals surface area contributed by atoms with Crippen LogP contribution in [-0.2, 0) is 11.2 Å². The maximum Gasteiger partial charge on any atom is 0.222 e. The first-order chi connectivity index (χ1) is 11.2. The summed E-state index contributed by atoms with van der Waals surface area (Å²) < 4.78 is 0. The number of nitrogens with two attached hydrogens (primary N) is 1. The first-order valence-electron chi connectivity index (χ1n) is 8.80. The average molecular weight is 335 g/mol. The summed E-state index contributed by atoms with van der Waals surface area (Å²) in [5.41, 5.74) is 7.11. The van der Waals surface area contributed by atoms with Crippen molar-refractivity contribution in [3.8, 4) is 0 Å². The highest BCUT2D eigenvalue weighted by molar-refractivity contribution is 7.98. The molecule has 128 valence electrons. The predicted octanol–water partition coefficient (Wildman–Crippen LogP) is 3.71. The number of rotatable bonds is 7. The van der Waals surface area contributed by atoms with Crippen LogP contribution in [0.3, 0.4) is 0 Å². The van der Waals surface area contributed by atoms with Crippen molar-refractivity contribution >= 4 is 17.7 Å². The van der Waals surface area contributed by atoms with Crippen LogP contribution in [0, 0.1) is 5.92 Å². The van der Waals surface area contributed by atoms with Gasteiger partial charge in [-0.25, -0.2) is 0 Å². The van der Waals surface area contributed by atoms with Crippen LogP contribution in [-0.4, -0.2) is 36.2 Å². The van der Waals surface area contributed by atoms with Gasteiger partial charge in [-0.15, -0.1) is 11.8 Å². The van der Waals surface area contributed by atoms with E-state index in [0.29, 0.717) is 24.3 Å². The lowest BCUT2D eigenvalue weighted by molar-refractivity contribution is -0.134. The van der Waals surface area contributed by atoms with Crippen molar-refractivity contribution in [3.05, 3.63) is 29.8 Å². The van der Waals surface area contributed by atoms with Crippen LogP contribution in [0.1, 0.15) is 44.6 Å². The molecule has 0 heterocycles. The second-order valence-electron chi connectivity index (χ2n) is 6.45. The first kappa shape index (κ1) is 18.3. The van der Waals surface area contributed by atoms with Gasteiger partial charge in [0.25, 0.3) is 0 Å². The Hall–Kier alpha value is -1.00. The molecule has 0 saturated heterocycles. The molecule has 1 fully saturated rings. The van der Waals surface area contributed by atoms with Gasteiger partial charge in [0.1, 0.15) is 0 Å². The molecule has 0 aliphatic heterocycles. The second-order valence-corrected chi connectivity index (χ2v) is 7.33. The smallest absolute Gasteiger partial charge is 0.222 e. The summed E-state index contributed by atoms with van der Waals surface area (Å²) in [6.07, 6.45) is 8.19. The van der Waals surface area contributed by atoms with Crippen LogP contribution in [0.4, 0.5) is 0 Å². The molecule has 0 bridgehead atoms. The molecule has 1 aromatic rings. The molecular weight excluding hydrogens is 304 g/mol. The highest BCUT2D eigenvalue weighted by atomic mass is 32.2. The maximum absolute atomic E-state index is 12.4. The number of carbonyl (C=O) groups excluding carboxylic acids is 1. The highest BCUT2D eigenvalue weighted by Gasteiger charge is 2.27. The van der Waals surface area contributed by atoms with E-state index >= 15 is 0 Å². The van der Waals surface area contributed by atoms with Crippen molar-refractivity contribution in [3.63, 3.8) is 0 Å². The zero-order chi connectivity index (χ0) is 16.7. The molecule has 1 aliphatic carbocycles. The van der Waals surface area contributed by atoms with E-state index in [9.17, 15) is 4.79 Å². The normalized spacial score (nSPS) is 21.2. The van der Waals surface area contributed by atoms with Gasteiger partial charge in [-0.2, -0.15) is 0 Å². The van der Waals surface area contributed by atoms with E-state index < -0.39 is 0 Å². The number of nitrogens with zero attached hydrogens (tertiary/aromatic N) is 1. The molecule has 1 aliphatic rings. The highest BCUT2D eigenvalue weighted by Crippen LogP contribution is 2.27. The van der Waals surface area contributed by atoms with E-state index in [1.54, 1.807) is 11.8 Å². The van der Waals surface area contributed by atoms with Crippen LogP contribution < -0.4 is 5.73 Å². The molecule has 2 N–H and O–H groups in total. The monoisotopic (exact) mass is 334 g/mol. The van der Waals surface area contributed by atoms with Crippen molar-refractivity contribution in [2.45, 2.75) is 56.4 Å². The molecule has 0 spiro atoms. The number of amides is 1. The predicted molar refractivity (Wildman–Crippen MR) is 98.7 cm³/mol. The van der Waals surface area contributed by atoms with Gasteiger partial charge in [-0.3, -0.25) is 4.79 Å². The quantitative estimate of drug-likeness (QED) is 0.773. The van der Waals surface area contributed by atoms with E-state index in [1.165, 1.54) is 10.5 Å². The Balaban J connectivity index is 1.97. The molecular formula is C19H30N2OS. The van der Waals surface area contributed by atoms with Crippen LogP contribution in [0.5, 0.6) is 0 Å². The Morgan fingerprint density at radius 2 is 2.04 bits per heavy atom. The molecule has 0 unspecified atom stereocenters. The molecule has 0 aromatic heterocycles. The molecule has 1 aromatic carbocycles. The minimum atomic E-state index is 0.294. The number of thioether (sulfide) groups is 1. The third-order valence-electron chi connectivity index (χ3n) is 4.99. The summed E-state index contributed by atoms with van der Waals surface area (Å²) >= 11 is 1.77.